The fourth-order valence-corrected chi connectivity index (χ4v) is 3.06. The van der Waals surface area contributed by atoms with Crippen molar-refractivity contribution in [1.82, 2.24) is 5.32 Å². The van der Waals surface area contributed by atoms with Crippen molar-refractivity contribution >= 4 is 11.6 Å². The summed E-state index contributed by atoms with van der Waals surface area (Å²) >= 11 is 0. The number of nitrogens with one attached hydrogen (secondary N) is 2. The second-order valence-electron chi connectivity index (χ2n) is 5.65. The molecular formula is C17H26N2O. The molecule has 0 radical (unpaired) electrons. The van der Waals surface area contributed by atoms with Gasteiger partial charge in [0.15, 0.2) is 0 Å². The second kappa shape index (κ2) is 6.89. The predicted molar refractivity (Wildman–Crippen MR) is 83.9 cm³/mol. The number of carbonyl (C=O) groups is 1. The van der Waals surface area contributed by atoms with Crippen LogP contribution in [0.1, 0.15) is 57.2 Å². The Balaban J connectivity index is 2.24. The topological polar surface area (TPSA) is 41.1 Å². The van der Waals surface area contributed by atoms with Crippen LogP contribution in [0.3, 0.4) is 0 Å². The van der Waals surface area contributed by atoms with Gasteiger partial charge in [-0.05, 0) is 36.1 Å². The molecule has 2 N–H and O–H groups in total. The highest BCUT2D eigenvalue weighted by molar-refractivity contribution is 5.99. The van der Waals surface area contributed by atoms with Crippen LogP contribution in [0.2, 0.25) is 0 Å². The Bertz CT molecular complexity index is 466. The zero-order valence-electron chi connectivity index (χ0n) is 12.8. The first-order valence-corrected chi connectivity index (χ1v) is 7.85. The maximum Gasteiger partial charge on any atom is 0.228 e. The molecule has 0 saturated carbocycles. The third kappa shape index (κ3) is 3.21. The van der Waals surface area contributed by atoms with Crippen LogP contribution < -0.4 is 10.6 Å². The second-order valence-corrected chi connectivity index (χ2v) is 5.65. The average Bonchev–Trinajstić information content (AvgIpc) is 2.82. The van der Waals surface area contributed by atoms with Crippen molar-refractivity contribution in [2.45, 2.75) is 52.5 Å². The van der Waals surface area contributed by atoms with Crippen LogP contribution in [0.15, 0.2) is 18.2 Å². The molecule has 0 spiro atoms. The highest BCUT2D eigenvalue weighted by Crippen LogP contribution is 2.32. The highest BCUT2D eigenvalue weighted by Gasteiger charge is 2.23. The summed E-state index contributed by atoms with van der Waals surface area (Å²) in [6.07, 6.45) is 4.01. The minimum atomic E-state index is 0.109. The Hall–Kier alpha value is -1.35. The lowest BCUT2D eigenvalue weighted by molar-refractivity contribution is -0.115. The molecule has 2 rings (SSSR count). The quantitative estimate of drug-likeness (QED) is 0.796. The minimum absolute atomic E-state index is 0.109. The van der Waals surface area contributed by atoms with Crippen LogP contribution in [0.4, 0.5) is 5.69 Å². The third-order valence-corrected chi connectivity index (χ3v) is 4.25. The predicted octanol–water partition coefficient (Wildman–Crippen LogP) is 3.66. The first-order chi connectivity index (χ1) is 9.69. The van der Waals surface area contributed by atoms with Crippen molar-refractivity contribution < 1.29 is 4.79 Å². The van der Waals surface area contributed by atoms with E-state index >= 15 is 0 Å². The maximum atomic E-state index is 11.5. The Labute approximate surface area is 122 Å². The molecule has 0 saturated heterocycles. The molecule has 3 nitrogen and oxygen atoms in total. The Morgan fingerprint density at radius 2 is 2.00 bits per heavy atom. The lowest BCUT2D eigenvalue weighted by Crippen LogP contribution is -2.28. The first kappa shape index (κ1) is 15.0. The molecule has 1 unspecified atom stereocenters. The van der Waals surface area contributed by atoms with Gasteiger partial charge in [-0.3, -0.25) is 4.79 Å². The smallest absolute Gasteiger partial charge is 0.228 e. The van der Waals surface area contributed by atoms with Gasteiger partial charge in [-0.25, -0.2) is 0 Å². The normalized spacial score (nSPS) is 15.3. The van der Waals surface area contributed by atoms with E-state index in [0.717, 1.165) is 24.2 Å². The molecule has 0 aromatic heterocycles. The summed E-state index contributed by atoms with van der Waals surface area (Å²) in [4.78, 5) is 11.5. The maximum absolute atomic E-state index is 11.5. The van der Waals surface area contributed by atoms with Crippen LogP contribution >= 0.6 is 0 Å². The minimum Gasteiger partial charge on any atom is -0.326 e. The van der Waals surface area contributed by atoms with Crippen LogP contribution in [-0.4, -0.2) is 12.5 Å². The van der Waals surface area contributed by atoms with Gasteiger partial charge in [-0.15, -0.1) is 0 Å². The first-order valence-electron chi connectivity index (χ1n) is 7.85. The highest BCUT2D eigenvalue weighted by atomic mass is 16.1. The fourth-order valence-electron chi connectivity index (χ4n) is 3.06. The van der Waals surface area contributed by atoms with Crippen LogP contribution in [0, 0.1) is 5.92 Å². The summed E-state index contributed by atoms with van der Waals surface area (Å²) in [6.45, 7) is 7.75. The van der Waals surface area contributed by atoms with Gasteiger partial charge < -0.3 is 10.6 Å². The van der Waals surface area contributed by atoms with E-state index in [0.29, 0.717) is 18.4 Å². The fraction of sp³-hybridized carbons (Fsp3) is 0.588. The molecule has 1 aromatic rings. The van der Waals surface area contributed by atoms with E-state index in [1.165, 1.54) is 18.4 Å². The van der Waals surface area contributed by atoms with Crippen molar-refractivity contribution in [2.24, 2.45) is 5.92 Å². The van der Waals surface area contributed by atoms with Crippen LogP contribution in [0.25, 0.3) is 0 Å². The van der Waals surface area contributed by atoms with Gasteiger partial charge in [0, 0.05) is 11.7 Å². The molecule has 1 aliphatic heterocycles. The van der Waals surface area contributed by atoms with Gasteiger partial charge >= 0.3 is 0 Å². The van der Waals surface area contributed by atoms with Crippen LogP contribution in [-0.2, 0) is 11.2 Å². The average molecular weight is 274 g/mol. The summed E-state index contributed by atoms with van der Waals surface area (Å²) in [7, 11) is 0. The van der Waals surface area contributed by atoms with E-state index in [9.17, 15) is 4.79 Å². The Morgan fingerprint density at radius 1 is 1.25 bits per heavy atom. The Kier molecular flexibility index (Phi) is 5.18. The number of amides is 1. The van der Waals surface area contributed by atoms with E-state index < -0.39 is 0 Å². The van der Waals surface area contributed by atoms with Gasteiger partial charge in [0.2, 0.25) is 5.91 Å². The molecular weight excluding hydrogens is 248 g/mol. The van der Waals surface area contributed by atoms with Crippen molar-refractivity contribution in [3.05, 3.63) is 29.3 Å². The molecule has 1 aromatic carbocycles. The largest absolute Gasteiger partial charge is 0.326 e. The van der Waals surface area contributed by atoms with E-state index in [-0.39, 0.29) is 5.91 Å². The molecule has 1 heterocycles. The molecule has 3 heteroatoms. The summed E-state index contributed by atoms with van der Waals surface area (Å²) in [5.74, 6) is 0.752. The summed E-state index contributed by atoms with van der Waals surface area (Å²) in [5.41, 5.74) is 3.45. The number of benzene rings is 1. The van der Waals surface area contributed by atoms with Gasteiger partial charge in [0.1, 0.15) is 0 Å². The SMILES string of the molecule is CCCNC(c1ccc2c(c1)CC(=O)N2)C(CC)CC. The van der Waals surface area contributed by atoms with Gasteiger partial charge in [0.25, 0.3) is 0 Å². The van der Waals surface area contributed by atoms with E-state index in [1.807, 2.05) is 0 Å². The number of hydrogen-bond acceptors (Lipinski definition) is 2. The molecule has 1 aliphatic rings. The molecule has 0 bridgehead atoms. The zero-order valence-corrected chi connectivity index (χ0v) is 12.8. The Morgan fingerprint density at radius 3 is 2.65 bits per heavy atom. The van der Waals surface area contributed by atoms with Gasteiger partial charge in [-0.1, -0.05) is 45.7 Å². The van der Waals surface area contributed by atoms with Crippen LogP contribution in [0.5, 0.6) is 0 Å². The van der Waals surface area contributed by atoms with Gasteiger partial charge in [-0.2, -0.15) is 0 Å². The molecule has 0 fully saturated rings. The number of anilines is 1. The molecule has 20 heavy (non-hydrogen) atoms. The van der Waals surface area contributed by atoms with E-state index in [4.69, 9.17) is 0 Å². The van der Waals surface area contributed by atoms with Crippen molar-refractivity contribution in [3.63, 3.8) is 0 Å². The summed E-state index contributed by atoms with van der Waals surface area (Å²) < 4.78 is 0. The number of fused-ring (bicyclic) bond motifs is 1. The molecule has 110 valence electrons. The van der Waals surface area contributed by atoms with E-state index in [1.54, 1.807) is 0 Å². The lowest BCUT2D eigenvalue weighted by atomic mass is 9.88. The third-order valence-electron chi connectivity index (χ3n) is 4.25. The lowest BCUT2D eigenvalue weighted by Gasteiger charge is -2.27. The summed E-state index contributed by atoms with van der Waals surface area (Å²) in [6, 6.07) is 6.82. The zero-order chi connectivity index (χ0) is 14.5. The van der Waals surface area contributed by atoms with Crippen molar-refractivity contribution in [1.29, 1.82) is 0 Å². The number of hydrogen-bond donors (Lipinski definition) is 2. The molecule has 1 atom stereocenters. The van der Waals surface area contributed by atoms with Gasteiger partial charge in [0.05, 0.1) is 6.42 Å². The van der Waals surface area contributed by atoms with E-state index in [2.05, 4.69) is 49.6 Å². The summed E-state index contributed by atoms with van der Waals surface area (Å²) in [5, 5.41) is 6.59. The number of rotatable bonds is 7. The number of carbonyl (C=O) groups excluding carboxylic acids is 1. The van der Waals surface area contributed by atoms with Crippen molar-refractivity contribution in [3.8, 4) is 0 Å². The standard InChI is InChI=1S/C17H26N2O/c1-4-9-18-17(12(5-2)6-3)13-7-8-15-14(10-13)11-16(20)19-15/h7-8,10,12,17-18H,4-6,9,11H2,1-3H3,(H,19,20). The van der Waals surface area contributed by atoms with Crippen molar-refractivity contribution in [2.75, 3.05) is 11.9 Å². The monoisotopic (exact) mass is 274 g/mol. The molecule has 1 amide bonds. The molecule has 0 aliphatic carbocycles.